The normalized spacial score (nSPS) is 4.09. The molecule has 0 aromatic heterocycles. The molecule has 0 bridgehead atoms. The molecule has 0 aliphatic rings. The molecule has 0 spiro atoms. The van der Waals surface area contributed by atoms with Crippen LogP contribution in [-0.4, -0.2) is 51.7 Å². The number of rotatable bonds is 2. The van der Waals surface area contributed by atoms with Crippen LogP contribution in [-0.2, 0) is 38.6 Å². The molecule has 15 nitrogen and oxygen atoms in total. The third kappa shape index (κ3) is 181. The predicted octanol–water partition coefficient (Wildman–Crippen LogP) is -3.40. The van der Waals surface area contributed by atoms with Crippen molar-refractivity contribution in [3.05, 3.63) is 0 Å². The average molecular weight is 344 g/mol. The quantitative estimate of drug-likeness (QED) is 0.124. The van der Waals surface area contributed by atoms with E-state index in [1.165, 1.54) is 24.4 Å². The van der Waals surface area contributed by atoms with Gasteiger partial charge >= 0.3 is 63.1 Å². The Kier molecular flexibility index (Phi) is 135. The maximum Gasteiger partial charge on any atom is 1.00 e. The standard InChI is InChI=1S/2C2H2O4.CH4.2BHO3.Li.H2O.2H2/c2*3-5-1-2-6-4;;2*2-1-4-3;;;;/h2*3-4H;1H4;2*3H;;1H2;2*1H/q;;;;;+1;;;/p-1. The van der Waals surface area contributed by atoms with Crippen LogP contribution in [0.2, 0.25) is 0 Å². The summed E-state index contributed by atoms with van der Waals surface area (Å²) >= 11 is 0. The largest absolute Gasteiger partial charge is 1.00 e. The topological polar surface area (TPSA) is 241 Å². The first-order valence-electron chi connectivity index (χ1n) is 3.35. The molecule has 0 aromatic rings. The first kappa shape index (κ1) is 42.9. The second-order valence-corrected chi connectivity index (χ2v) is 1.18. The van der Waals surface area contributed by atoms with Gasteiger partial charge in [0.2, 0.25) is 24.4 Å². The molecule has 0 atom stereocenters. The minimum absolute atomic E-state index is 0. The van der Waals surface area contributed by atoms with Gasteiger partial charge < -0.3 is 5.48 Å². The molecule has 23 heavy (non-hydrogen) atoms. The summed E-state index contributed by atoms with van der Waals surface area (Å²) in [7, 11) is -0.139. The fourth-order valence-electron chi connectivity index (χ4n) is 0.0745. The van der Waals surface area contributed by atoms with Crippen molar-refractivity contribution in [1.29, 1.82) is 0 Å². The minimum Gasteiger partial charge on any atom is -0.870 e. The van der Waals surface area contributed by atoms with Crippen molar-refractivity contribution in [1.82, 2.24) is 0 Å². The van der Waals surface area contributed by atoms with Crippen molar-refractivity contribution in [3.63, 3.8) is 0 Å². The van der Waals surface area contributed by atoms with Crippen LogP contribution in [0.5, 0.6) is 0 Å². The van der Waals surface area contributed by atoms with E-state index in [9.17, 15) is 0 Å². The Morgan fingerprint density at radius 3 is 0.826 bits per heavy atom. The Balaban J connectivity index is -0.0000000186. The summed E-state index contributed by atoms with van der Waals surface area (Å²) in [5, 5.41) is 43.3. The second-order valence-electron chi connectivity index (χ2n) is 1.18. The minimum atomic E-state index is -0.0694. The molecule has 0 saturated heterocycles. The Hall–Kier alpha value is -2.03. The van der Waals surface area contributed by atoms with Gasteiger partial charge in [-0.3, -0.25) is 19.6 Å². The van der Waals surface area contributed by atoms with Crippen LogP contribution in [0, 0.1) is 24.4 Å². The van der Waals surface area contributed by atoms with Crippen LogP contribution in [0.25, 0.3) is 0 Å². The van der Waals surface area contributed by atoms with Crippen LogP contribution >= 0.6 is 0 Å². The van der Waals surface area contributed by atoms with E-state index < -0.39 is 0 Å². The SMILES string of the molecule is C.O=BOO.O=BOO.OOC#COO.OOC#COO.[HH].[HH].[Li+].[OH-]. The fraction of sp³-hybridized carbons (Fsp3) is 0.200. The van der Waals surface area contributed by atoms with Gasteiger partial charge in [0.15, 0.2) is 0 Å². The molecule has 0 amide bonds. The molecule has 0 heterocycles. The fourth-order valence-corrected chi connectivity index (χ4v) is 0.0745. The van der Waals surface area contributed by atoms with Gasteiger partial charge in [0.05, 0.1) is 0 Å². The van der Waals surface area contributed by atoms with E-state index in [0.717, 1.165) is 0 Å². The summed E-state index contributed by atoms with van der Waals surface area (Å²) in [6.45, 7) is 0. The first-order chi connectivity index (χ1) is 9.66. The van der Waals surface area contributed by atoms with Crippen molar-refractivity contribution in [2.24, 2.45) is 0 Å². The van der Waals surface area contributed by atoms with E-state index in [2.05, 4.69) is 29.2 Å². The number of hydrogen-bond acceptors (Lipinski definition) is 15. The van der Waals surface area contributed by atoms with Crippen LogP contribution in [0.1, 0.15) is 10.3 Å². The molecule has 0 rings (SSSR count). The molecule has 0 aromatic carbocycles. The monoisotopic (exact) mass is 344 g/mol. The summed E-state index contributed by atoms with van der Waals surface area (Å²) in [5.74, 6) is 0. The molecule has 0 radical (unpaired) electrons. The van der Waals surface area contributed by atoms with Gasteiger partial charge in [-0.05, 0) is 0 Å². The van der Waals surface area contributed by atoms with E-state index in [0.29, 0.717) is 0 Å². The van der Waals surface area contributed by atoms with E-state index in [1.807, 2.05) is 0 Å². The van der Waals surface area contributed by atoms with Crippen LogP contribution in [0.15, 0.2) is 0 Å². The summed E-state index contributed by atoms with van der Waals surface area (Å²) in [6, 6.07) is 0. The van der Waals surface area contributed by atoms with Crippen molar-refractivity contribution >= 4 is 14.7 Å². The van der Waals surface area contributed by atoms with Crippen molar-refractivity contribution in [2.45, 2.75) is 7.43 Å². The van der Waals surface area contributed by atoms with Crippen LogP contribution in [0.3, 0.4) is 0 Å². The number of hydrogen-bond donors (Lipinski definition) is 6. The predicted molar refractivity (Wildman–Crippen MR) is 63.6 cm³/mol. The molecule has 18 heteroatoms. The van der Waals surface area contributed by atoms with E-state index in [4.69, 9.17) is 41.0 Å². The van der Waals surface area contributed by atoms with E-state index >= 15 is 0 Å². The molecule has 7 N–H and O–H groups in total. The second kappa shape index (κ2) is 72.3. The van der Waals surface area contributed by atoms with E-state index in [-0.39, 0.29) is 49.3 Å². The first-order valence-corrected chi connectivity index (χ1v) is 3.35. The van der Waals surface area contributed by atoms with Gasteiger partial charge in [-0.2, -0.15) is 21.0 Å². The third-order valence-corrected chi connectivity index (χ3v) is 0.352. The summed E-state index contributed by atoms with van der Waals surface area (Å²) in [5.41, 5.74) is 0. The Labute approximate surface area is 144 Å². The molecule has 0 saturated carbocycles. The molecule has 0 unspecified atom stereocenters. The molecule has 0 aliphatic heterocycles. The molecular weight excluding hydrogens is 329 g/mol. The Morgan fingerprint density at radius 2 is 0.783 bits per heavy atom. The maximum atomic E-state index is 8.70. The smallest absolute Gasteiger partial charge is 0.870 e. The zero-order valence-corrected chi connectivity index (χ0v) is 10.6. The van der Waals surface area contributed by atoms with E-state index in [1.54, 1.807) is 0 Å². The average Bonchev–Trinajstić information content (AvgIpc) is 2.51. The van der Waals surface area contributed by atoms with Gasteiger partial charge in [-0.1, -0.05) is 7.43 Å². The summed E-state index contributed by atoms with van der Waals surface area (Å²) in [6.07, 6.45) is 6.12. The Bertz CT molecular complexity index is 258. The molecule has 132 valence electrons. The Morgan fingerprint density at radius 1 is 0.652 bits per heavy atom. The zero-order chi connectivity index (χ0) is 16.5. The van der Waals surface area contributed by atoms with Crippen molar-refractivity contribution < 1.29 is 97.3 Å². The van der Waals surface area contributed by atoms with Crippen LogP contribution < -0.4 is 18.9 Å². The molecular formula is C5H15B2LiO15. The maximum absolute atomic E-state index is 8.70. The molecule has 0 aliphatic carbocycles. The molecule has 0 fully saturated rings. The van der Waals surface area contributed by atoms with Gasteiger partial charge in [0.1, 0.15) is 0 Å². The van der Waals surface area contributed by atoms with Crippen LogP contribution in [0.4, 0.5) is 0 Å². The third-order valence-electron chi connectivity index (χ3n) is 0.352. The van der Waals surface area contributed by atoms with Gasteiger partial charge in [-0.25, -0.2) is 0 Å². The summed E-state index contributed by atoms with van der Waals surface area (Å²) in [4.78, 5) is 18.3. The zero-order valence-electron chi connectivity index (χ0n) is 10.6. The van der Waals surface area contributed by atoms with Gasteiger partial charge in [-0.15, -0.1) is 0 Å². The van der Waals surface area contributed by atoms with Gasteiger partial charge in [0, 0.05) is 2.85 Å². The van der Waals surface area contributed by atoms with Gasteiger partial charge in [0.25, 0.3) is 0 Å². The summed E-state index contributed by atoms with van der Waals surface area (Å²) < 4.78 is 17.4. The van der Waals surface area contributed by atoms with Crippen molar-refractivity contribution in [2.75, 3.05) is 0 Å². The van der Waals surface area contributed by atoms with Crippen molar-refractivity contribution in [3.8, 4) is 24.4 Å².